The van der Waals surface area contributed by atoms with Gasteiger partial charge in [-0.2, -0.15) is 0 Å². The lowest BCUT2D eigenvalue weighted by Crippen LogP contribution is -2.48. The van der Waals surface area contributed by atoms with Crippen molar-refractivity contribution in [1.29, 1.82) is 0 Å². The molecule has 0 radical (unpaired) electrons. The second kappa shape index (κ2) is 9.69. The third-order valence-electron chi connectivity index (χ3n) is 6.00. The van der Waals surface area contributed by atoms with Gasteiger partial charge in [-0.15, -0.1) is 10.2 Å². The number of morpholine rings is 1. The fraction of sp³-hybridized carbons (Fsp3) is 0.348. The van der Waals surface area contributed by atoms with Gasteiger partial charge in [0.1, 0.15) is 0 Å². The Labute approximate surface area is 202 Å². The highest BCUT2D eigenvalue weighted by Crippen LogP contribution is 2.30. The first-order valence-electron chi connectivity index (χ1n) is 10.9. The van der Waals surface area contributed by atoms with Crippen LogP contribution in [-0.2, 0) is 4.74 Å². The van der Waals surface area contributed by atoms with Gasteiger partial charge in [-0.25, -0.2) is 5.01 Å². The second-order valence-electron chi connectivity index (χ2n) is 8.03. The van der Waals surface area contributed by atoms with Gasteiger partial charge in [-0.3, -0.25) is 10.2 Å². The number of hydrazine groups is 1. The molecular formula is C23H24Cl2N6O2. The van der Waals surface area contributed by atoms with E-state index >= 15 is 0 Å². The van der Waals surface area contributed by atoms with Crippen LogP contribution in [0.25, 0.3) is 10.8 Å². The van der Waals surface area contributed by atoms with Crippen LogP contribution in [-0.4, -0.2) is 73.6 Å². The Bertz CT molecular complexity index is 1160. The molecule has 1 amide bonds. The number of anilines is 2. The number of carbonyl (C=O) groups excluding carboxylic acids is 1. The van der Waals surface area contributed by atoms with Crippen molar-refractivity contribution in [1.82, 2.24) is 20.6 Å². The predicted octanol–water partition coefficient (Wildman–Crippen LogP) is 3.24. The maximum atomic E-state index is 12.9. The molecule has 0 aliphatic carbocycles. The Morgan fingerprint density at radius 2 is 1.55 bits per heavy atom. The molecule has 0 atom stereocenters. The number of aromatic nitrogens is 2. The van der Waals surface area contributed by atoms with Crippen LogP contribution in [0.2, 0.25) is 10.0 Å². The largest absolute Gasteiger partial charge is 0.379 e. The summed E-state index contributed by atoms with van der Waals surface area (Å²) in [5.74, 6) is 0.541. The number of piperazine rings is 1. The number of nitrogens with zero attached hydrogens (tertiary/aromatic N) is 5. The first-order chi connectivity index (χ1) is 16.1. The van der Waals surface area contributed by atoms with E-state index in [9.17, 15) is 4.79 Å². The molecule has 1 N–H and O–H groups in total. The highest BCUT2D eigenvalue weighted by Gasteiger charge is 2.24. The van der Waals surface area contributed by atoms with Gasteiger partial charge in [-0.1, -0.05) is 47.5 Å². The maximum Gasteiger partial charge on any atom is 0.286 e. The summed E-state index contributed by atoms with van der Waals surface area (Å²) in [6.07, 6.45) is 0. The average molecular weight is 487 g/mol. The Morgan fingerprint density at radius 1 is 0.848 bits per heavy atom. The molecule has 172 valence electrons. The Morgan fingerprint density at radius 3 is 2.27 bits per heavy atom. The molecule has 33 heavy (non-hydrogen) atoms. The molecule has 0 unspecified atom stereocenters. The average Bonchev–Trinajstić information content (AvgIpc) is 2.86. The molecule has 3 heterocycles. The summed E-state index contributed by atoms with van der Waals surface area (Å²) in [7, 11) is 0. The van der Waals surface area contributed by atoms with Crippen LogP contribution < -0.4 is 15.2 Å². The van der Waals surface area contributed by atoms with Crippen molar-refractivity contribution < 1.29 is 9.53 Å². The minimum atomic E-state index is -0.253. The number of amides is 1. The zero-order chi connectivity index (χ0) is 22.8. The maximum absolute atomic E-state index is 12.9. The molecule has 2 aliphatic heterocycles. The molecule has 1 aromatic heterocycles. The number of carbonyl (C=O) groups is 1. The van der Waals surface area contributed by atoms with Gasteiger partial charge in [0, 0.05) is 55.7 Å². The lowest BCUT2D eigenvalue weighted by Gasteiger charge is -2.37. The summed E-state index contributed by atoms with van der Waals surface area (Å²) in [6, 6.07) is 13.5. The molecule has 2 saturated heterocycles. The van der Waals surface area contributed by atoms with Crippen molar-refractivity contribution in [2.45, 2.75) is 0 Å². The lowest BCUT2D eigenvalue weighted by molar-refractivity contribution is 0.0125. The third kappa shape index (κ3) is 4.70. The quantitative estimate of drug-likeness (QED) is 0.606. The fourth-order valence-electron chi connectivity index (χ4n) is 4.22. The molecule has 3 aromatic rings. The van der Waals surface area contributed by atoms with E-state index in [2.05, 4.69) is 25.4 Å². The van der Waals surface area contributed by atoms with Crippen molar-refractivity contribution in [3.8, 4) is 0 Å². The predicted molar refractivity (Wildman–Crippen MR) is 130 cm³/mol. The lowest BCUT2D eigenvalue weighted by atomic mass is 10.1. The van der Waals surface area contributed by atoms with Crippen LogP contribution in [0.1, 0.15) is 10.5 Å². The summed E-state index contributed by atoms with van der Waals surface area (Å²) in [5.41, 5.74) is 4.31. The molecule has 2 aliphatic rings. The van der Waals surface area contributed by atoms with Crippen LogP contribution in [0.4, 0.5) is 11.5 Å². The van der Waals surface area contributed by atoms with Crippen molar-refractivity contribution in [3.63, 3.8) is 0 Å². The van der Waals surface area contributed by atoms with E-state index in [4.69, 9.17) is 27.9 Å². The molecule has 0 spiro atoms. The molecule has 8 nitrogen and oxygen atoms in total. The number of benzene rings is 2. The number of ether oxygens (including phenoxy) is 1. The van der Waals surface area contributed by atoms with Crippen molar-refractivity contribution in [3.05, 3.63) is 58.2 Å². The van der Waals surface area contributed by atoms with Gasteiger partial charge in [0.25, 0.3) is 5.91 Å². The van der Waals surface area contributed by atoms with E-state index in [1.54, 1.807) is 0 Å². The van der Waals surface area contributed by atoms with E-state index in [1.165, 1.54) is 0 Å². The van der Waals surface area contributed by atoms with Gasteiger partial charge >= 0.3 is 0 Å². The zero-order valence-corrected chi connectivity index (χ0v) is 19.5. The number of rotatable bonds is 4. The SMILES string of the molecule is O=C(NN1CCOCC1)c1nnc(N2CCN(c3ccc(Cl)c(Cl)c3)CC2)c2ccccc12. The highest BCUT2D eigenvalue weighted by atomic mass is 35.5. The van der Waals surface area contributed by atoms with E-state index in [0.717, 1.165) is 48.5 Å². The third-order valence-corrected chi connectivity index (χ3v) is 6.74. The van der Waals surface area contributed by atoms with Crippen LogP contribution in [0.3, 0.4) is 0 Å². The first kappa shape index (κ1) is 22.2. The standard InChI is InChI=1S/C23H24Cl2N6O2/c24-19-6-5-16(15-20(19)25)29-7-9-30(10-8-29)22-18-4-2-1-3-17(18)21(26-27-22)23(32)28-31-11-13-33-14-12-31/h1-6,15H,7-14H2,(H,28,32). The zero-order valence-electron chi connectivity index (χ0n) is 18.0. The number of halogens is 2. The summed E-state index contributed by atoms with van der Waals surface area (Å²) >= 11 is 12.3. The number of hydrogen-bond acceptors (Lipinski definition) is 7. The Balaban J connectivity index is 1.34. The molecule has 0 bridgehead atoms. The van der Waals surface area contributed by atoms with Crippen molar-refractivity contribution >= 4 is 51.4 Å². The van der Waals surface area contributed by atoms with Gasteiger partial charge in [0.2, 0.25) is 0 Å². The topological polar surface area (TPSA) is 73.8 Å². The van der Waals surface area contributed by atoms with E-state index in [-0.39, 0.29) is 5.91 Å². The van der Waals surface area contributed by atoms with E-state index in [0.29, 0.717) is 42.0 Å². The molecule has 2 fully saturated rings. The van der Waals surface area contributed by atoms with E-state index in [1.807, 2.05) is 47.5 Å². The van der Waals surface area contributed by atoms with Crippen LogP contribution >= 0.6 is 23.2 Å². The van der Waals surface area contributed by atoms with Crippen molar-refractivity contribution in [2.24, 2.45) is 0 Å². The summed E-state index contributed by atoms with van der Waals surface area (Å²) in [6.45, 7) is 5.67. The number of hydrogen-bond donors (Lipinski definition) is 1. The van der Waals surface area contributed by atoms with Gasteiger partial charge in [0.05, 0.1) is 23.3 Å². The Hall–Kier alpha value is -2.65. The number of fused-ring (bicyclic) bond motifs is 1. The van der Waals surface area contributed by atoms with Gasteiger partial charge in [-0.05, 0) is 18.2 Å². The summed E-state index contributed by atoms with van der Waals surface area (Å²) < 4.78 is 5.34. The van der Waals surface area contributed by atoms with Crippen LogP contribution in [0.5, 0.6) is 0 Å². The normalized spacial score (nSPS) is 17.4. The second-order valence-corrected chi connectivity index (χ2v) is 8.85. The minimum absolute atomic E-state index is 0.253. The highest BCUT2D eigenvalue weighted by molar-refractivity contribution is 6.42. The smallest absolute Gasteiger partial charge is 0.286 e. The summed E-state index contributed by atoms with van der Waals surface area (Å²) in [5, 5.41) is 13.5. The molecule has 0 saturated carbocycles. The fourth-order valence-corrected chi connectivity index (χ4v) is 4.51. The van der Waals surface area contributed by atoms with Crippen LogP contribution in [0, 0.1) is 0 Å². The van der Waals surface area contributed by atoms with Gasteiger partial charge in [0.15, 0.2) is 11.5 Å². The summed E-state index contributed by atoms with van der Waals surface area (Å²) in [4.78, 5) is 17.4. The van der Waals surface area contributed by atoms with Crippen LogP contribution in [0.15, 0.2) is 42.5 Å². The molecule has 10 heteroatoms. The molecule has 5 rings (SSSR count). The minimum Gasteiger partial charge on any atom is -0.379 e. The molecular weight excluding hydrogens is 463 g/mol. The first-order valence-corrected chi connectivity index (χ1v) is 11.7. The number of nitrogens with one attached hydrogen (secondary N) is 1. The van der Waals surface area contributed by atoms with Crippen molar-refractivity contribution in [2.75, 3.05) is 62.3 Å². The molecule has 2 aromatic carbocycles. The van der Waals surface area contributed by atoms with Gasteiger partial charge < -0.3 is 14.5 Å². The van der Waals surface area contributed by atoms with E-state index < -0.39 is 0 Å². The Kier molecular flexibility index (Phi) is 6.50. The monoisotopic (exact) mass is 486 g/mol.